The highest BCUT2D eigenvalue weighted by Crippen LogP contribution is 2.15. The largest absolute Gasteiger partial charge is 0.364 e. The Morgan fingerprint density at radius 2 is 1.94 bits per heavy atom. The number of nitrogens with two attached hydrogens (primary N) is 1. The van der Waals surface area contributed by atoms with E-state index in [0.29, 0.717) is 11.1 Å². The van der Waals surface area contributed by atoms with Gasteiger partial charge in [0.15, 0.2) is 5.78 Å². The summed E-state index contributed by atoms with van der Waals surface area (Å²) in [6.07, 6.45) is 0. The van der Waals surface area contributed by atoms with E-state index in [4.69, 9.17) is 5.73 Å². The molecule has 2 rings (SSSR count). The Morgan fingerprint density at radius 3 is 2.56 bits per heavy atom. The maximum Gasteiger partial charge on any atom is 0.267 e. The van der Waals surface area contributed by atoms with Crippen LogP contribution in [0.1, 0.15) is 27.8 Å². The lowest BCUT2D eigenvalue weighted by molar-refractivity contribution is 0.0992. The third-order valence-electron chi connectivity index (χ3n) is 2.35. The highest BCUT2D eigenvalue weighted by atomic mass is 16.1. The Labute approximate surface area is 92.1 Å². The first kappa shape index (κ1) is 10.3. The average molecular weight is 214 g/mol. The number of primary amides is 1. The molecule has 0 radical (unpaired) electrons. The first-order valence-corrected chi connectivity index (χ1v) is 4.79. The van der Waals surface area contributed by atoms with Crippen molar-refractivity contribution in [3.05, 3.63) is 41.6 Å². The lowest BCUT2D eigenvalue weighted by Gasteiger charge is -2.01. The van der Waals surface area contributed by atoms with Crippen molar-refractivity contribution in [2.75, 3.05) is 0 Å². The smallest absolute Gasteiger partial charge is 0.267 e. The minimum Gasteiger partial charge on any atom is -0.364 e. The summed E-state index contributed by atoms with van der Waals surface area (Å²) < 4.78 is 0. The van der Waals surface area contributed by atoms with Gasteiger partial charge in [0.25, 0.3) is 5.91 Å². The van der Waals surface area contributed by atoms with E-state index < -0.39 is 5.91 Å². The molecule has 2 aromatic rings. The predicted molar refractivity (Wildman–Crippen MR) is 60.3 cm³/mol. The van der Waals surface area contributed by atoms with E-state index in [1.807, 2.05) is 0 Å². The first-order valence-electron chi connectivity index (χ1n) is 4.79. The van der Waals surface area contributed by atoms with Gasteiger partial charge in [-0.1, -0.05) is 6.07 Å². The van der Waals surface area contributed by atoms with Gasteiger partial charge in [0.2, 0.25) is 0 Å². The van der Waals surface area contributed by atoms with Gasteiger partial charge in [-0.3, -0.25) is 9.59 Å². The van der Waals surface area contributed by atoms with Crippen LogP contribution in [-0.2, 0) is 0 Å². The SMILES string of the molecule is CC(=O)c1ccc2nc(C(N)=O)ccc2c1. The molecule has 80 valence electrons. The van der Waals surface area contributed by atoms with Gasteiger partial charge in [0.05, 0.1) is 5.52 Å². The van der Waals surface area contributed by atoms with Gasteiger partial charge in [0.1, 0.15) is 5.69 Å². The van der Waals surface area contributed by atoms with Crippen LogP contribution in [-0.4, -0.2) is 16.7 Å². The number of nitrogens with zero attached hydrogens (tertiary/aromatic N) is 1. The standard InChI is InChI=1S/C12H10N2O2/c1-7(15)8-2-4-10-9(6-8)3-5-11(14-10)12(13)16/h2-6H,1H3,(H2,13,16). The molecule has 0 saturated heterocycles. The summed E-state index contributed by atoms with van der Waals surface area (Å²) >= 11 is 0. The van der Waals surface area contributed by atoms with Gasteiger partial charge in [-0.25, -0.2) is 4.98 Å². The van der Waals surface area contributed by atoms with Crippen LogP contribution in [0.25, 0.3) is 10.9 Å². The fourth-order valence-electron chi connectivity index (χ4n) is 1.48. The number of aromatic nitrogens is 1. The molecular formula is C12H10N2O2. The van der Waals surface area contributed by atoms with E-state index >= 15 is 0 Å². The van der Waals surface area contributed by atoms with Crippen LogP contribution in [0.5, 0.6) is 0 Å². The van der Waals surface area contributed by atoms with Crippen molar-refractivity contribution in [1.29, 1.82) is 0 Å². The van der Waals surface area contributed by atoms with Crippen molar-refractivity contribution in [2.45, 2.75) is 6.92 Å². The maximum absolute atomic E-state index is 11.2. The van der Waals surface area contributed by atoms with Crippen LogP contribution in [0.15, 0.2) is 30.3 Å². The van der Waals surface area contributed by atoms with Crippen LogP contribution >= 0.6 is 0 Å². The molecule has 0 bridgehead atoms. The molecule has 0 atom stereocenters. The van der Waals surface area contributed by atoms with Crippen molar-refractivity contribution in [2.24, 2.45) is 5.73 Å². The van der Waals surface area contributed by atoms with Crippen molar-refractivity contribution in [3.63, 3.8) is 0 Å². The highest BCUT2D eigenvalue weighted by molar-refractivity contribution is 5.99. The van der Waals surface area contributed by atoms with Crippen molar-refractivity contribution in [3.8, 4) is 0 Å². The van der Waals surface area contributed by atoms with Crippen molar-refractivity contribution < 1.29 is 9.59 Å². The monoisotopic (exact) mass is 214 g/mol. The zero-order chi connectivity index (χ0) is 11.7. The second kappa shape index (κ2) is 3.73. The number of benzene rings is 1. The summed E-state index contributed by atoms with van der Waals surface area (Å²) in [5.74, 6) is -0.557. The normalized spacial score (nSPS) is 10.3. The third-order valence-corrected chi connectivity index (χ3v) is 2.35. The molecule has 0 fully saturated rings. The molecular weight excluding hydrogens is 204 g/mol. The second-order valence-corrected chi connectivity index (χ2v) is 3.52. The van der Waals surface area contributed by atoms with Crippen molar-refractivity contribution in [1.82, 2.24) is 4.98 Å². The summed E-state index contributed by atoms with van der Waals surface area (Å²) in [6, 6.07) is 8.42. The van der Waals surface area contributed by atoms with Gasteiger partial charge >= 0.3 is 0 Å². The summed E-state index contributed by atoms with van der Waals surface area (Å²) in [4.78, 5) is 26.2. The molecule has 1 aromatic heterocycles. The number of Topliss-reactive ketones (excluding diaryl/α,β-unsaturated/α-hetero) is 1. The fraction of sp³-hybridized carbons (Fsp3) is 0.0833. The number of carbonyl (C=O) groups is 2. The highest BCUT2D eigenvalue weighted by Gasteiger charge is 2.05. The van der Waals surface area contributed by atoms with E-state index in [1.54, 1.807) is 30.3 Å². The zero-order valence-corrected chi connectivity index (χ0v) is 8.73. The quantitative estimate of drug-likeness (QED) is 0.770. The fourth-order valence-corrected chi connectivity index (χ4v) is 1.48. The number of hydrogen-bond acceptors (Lipinski definition) is 3. The molecule has 0 spiro atoms. The molecule has 1 heterocycles. The van der Waals surface area contributed by atoms with E-state index in [2.05, 4.69) is 4.98 Å². The molecule has 1 amide bonds. The van der Waals surface area contributed by atoms with E-state index in [9.17, 15) is 9.59 Å². The molecule has 4 nitrogen and oxygen atoms in total. The Hall–Kier alpha value is -2.23. The van der Waals surface area contributed by atoms with E-state index in [-0.39, 0.29) is 11.5 Å². The number of fused-ring (bicyclic) bond motifs is 1. The summed E-state index contributed by atoms with van der Waals surface area (Å²) in [6.45, 7) is 1.51. The molecule has 0 saturated carbocycles. The van der Waals surface area contributed by atoms with Crippen LogP contribution in [0.2, 0.25) is 0 Å². The van der Waals surface area contributed by atoms with Gasteiger partial charge in [-0.15, -0.1) is 0 Å². The molecule has 0 aliphatic heterocycles. The summed E-state index contributed by atoms with van der Waals surface area (Å²) in [5, 5.41) is 0.817. The number of carbonyl (C=O) groups excluding carboxylic acids is 2. The number of ketones is 1. The third kappa shape index (κ3) is 1.77. The van der Waals surface area contributed by atoms with Crippen LogP contribution in [0.3, 0.4) is 0 Å². The lowest BCUT2D eigenvalue weighted by Crippen LogP contribution is -2.12. The van der Waals surface area contributed by atoms with E-state index in [1.165, 1.54) is 6.92 Å². The molecule has 4 heteroatoms. The van der Waals surface area contributed by atoms with Gasteiger partial charge in [-0.05, 0) is 31.2 Å². The molecule has 2 N–H and O–H groups in total. The molecule has 0 aliphatic carbocycles. The predicted octanol–water partition coefficient (Wildman–Crippen LogP) is 1.54. The molecule has 16 heavy (non-hydrogen) atoms. The molecule has 0 unspecified atom stereocenters. The number of pyridine rings is 1. The Morgan fingerprint density at radius 1 is 1.19 bits per heavy atom. The summed E-state index contributed by atoms with van der Waals surface area (Å²) in [5.41, 5.74) is 6.63. The molecule has 0 aliphatic rings. The zero-order valence-electron chi connectivity index (χ0n) is 8.73. The average Bonchev–Trinajstić information content (AvgIpc) is 2.27. The van der Waals surface area contributed by atoms with Crippen LogP contribution in [0, 0.1) is 0 Å². The second-order valence-electron chi connectivity index (χ2n) is 3.52. The van der Waals surface area contributed by atoms with Gasteiger partial charge < -0.3 is 5.73 Å². The minimum atomic E-state index is -0.558. The maximum atomic E-state index is 11.2. The number of hydrogen-bond donors (Lipinski definition) is 1. The topological polar surface area (TPSA) is 73.1 Å². The number of amides is 1. The van der Waals surface area contributed by atoms with Gasteiger partial charge in [-0.2, -0.15) is 0 Å². The Bertz CT molecular complexity index is 537. The lowest BCUT2D eigenvalue weighted by atomic mass is 10.1. The van der Waals surface area contributed by atoms with Crippen LogP contribution in [0.4, 0.5) is 0 Å². The first-order chi connectivity index (χ1) is 7.58. The number of rotatable bonds is 2. The van der Waals surface area contributed by atoms with Gasteiger partial charge in [0, 0.05) is 10.9 Å². The van der Waals surface area contributed by atoms with E-state index in [0.717, 1.165) is 5.39 Å². The Balaban J connectivity index is 2.61. The molecule has 1 aromatic carbocycles. The Kier molecular flexibility index (Phi) is 2.40. The van der Waals surface area contributed by atoms with Crippen molar-refractivity contribution >= 4 is 22.6 Å². The minimum absolute atomic E-state index is 0.000813. The summed E-state index contributed by atoms with van der Waals surface area (Å²) in [7, 11) is 0. The van der Waals surface area contributed by atoms with Crippen LogP contribution < -0.4 is 5.73 Å².